The van der Waals surface area contributed by atoms with Crippen molar-refractivity contribution in [3.05, 3.63) is 12.2 Å². The average molecular weight is 327 g/mol. The first-order valence-electron chi connectivity index (χ1n) is 7.98. The molecule has 2 amide bonds. The van der Waals surface area contributed by atoms with Crippen LogP contribution in [0, 0.1) is 11.8 Å². The van der Waals surface area contributed by atoms with Gasteiger partial charge in [0.15, 0.2) is 16.5 Å². The molecule has 0 radical (unpaired) electrons. The van der Waals surface area contributed by atoms with Crippen molar-refractivity contribution in [1.29, 1.82) is 0 Å². The molecule has 0 aromatic carbocycles. The van der Waals surface area contributed by atoms with E-state index in [1.165, 1.54) is 4.90 Å². The second-order valence-electron chi connectivity index (χ2n) is 6.53. The molecule has 0 aromatic heterocycles. The Morgan fingerprint density at radius 3 is 2.23 bits per heavy atom. The highest BCUT2D eigenvalue weighted by molar-refractivity contribution is 7.91. The molecule has 2 heterocycles. The van der Waals surface area contributed by atoms with Gasteiger partial charge in [0.05, 0.1) is 24.1 Å². The number of hydrogen-bond donors (Lipinski definition) is 1. The number of nitrogens with one attached hydrogen (secondary N) is 1. The highest BCUT2D eigenvalue weighted by Gasteiger charge is 2.49. The minimum absolute atomic E-state index is 0.00338. The van der Waals surface area contributed by atoms with Gasteiger partial charge in [-0.3, -0.25) is 9.59 Å². The van der Waals surface area contributed by atoms with E-state index < -0.39 is 9.84 Å². The second-order valence-corrected chi connectivity index (χ2v) is 8.76. The zero-order valence-electron chi connectivity index (χ0n) is 12.8. The summed E-state index contributed by atoms with van der Waals surface area (Å²) in [5.74, 6) is -0.179. The second kappa shape index (κ2) is 5.77. The SMILES string of the molecule is CC[NH+](CN1C(=O)[C@H]2CC=CC[C@@H]2C1=O)[C@@H]1CCS(=O)(=O)C1. The molecule has 3 rings (SSSR count). The molecule has 3 aliphatic rings. The minimum atomic E-state index is -2.95. The van der Waals surface area contributed by atoms with Gasteiger partial charge in [0, 0.05) is 6.42 Å². The number of hydrogen-bond acceptors (Lipinski definition) is 4. The maximum Gasteiger partial charge on any atom is 0.237 e. The first kappa shape index (κ1) is 15.7. The van der Waals surface area contributed by atoms with E-state index in [0.717, 1.165) is 4.90 Å². The quantitative estimate of drug-likeness (QED) is 0.530. The van der Waals surface area contributed by atoms with Crippen LogP contribution in [-0.2, 0) is 19.4 Å². The largest absolute Gasteiger partial charge is 0.314 e. The van der Waals surface area contributed by atoms with Gasteiger partial charge in [-0.2, -0.15) is 0 Å². The van der Waals surface area contributed by atoms with E-state index in [2.05, 4.69) is 0 Å². The summed E-state index contributed by atoms with van der Waals surface area (Å²) in [5.41, 5.74) is 0. The lowest BCUT2D eigenvalue weighted by molar-refractivity contribution is -0.927. The number of fused-ring (bicyclic) bond motifs is 1. The summed E-state index contributed by atoms with van der Waals surface area (Å²) >= 11 is 0. The zero-order chi connectivity index (χ0) is 15.9. The third-order valence-corrected chi connectivity index (χ3v) is 6.99. The van der Waals surface area contributed by atoms with Crippen LogP contribution in [0.15, 0.2) is 12.2 Å². The molecule has 0 aromatic rings. The Labute approximate surface area is 131 Å². The third-order valence-electron chi connectivity index (χ3n) is 5.22. The van der Waals surface area contributed by atoms with Crippen LogP contribution in [0.5, 0.6) is 0 Å². The molecular weight excluding hydrogens is 304 g/mol. The van der Waals surface area contributed by atoms with Crippen LogP contribution in [-0.4, -0.2) is 55.9 Å². The van der Waals surface area contributed by atoms with E-state index in [-0.39, 0.29) is 41.2 Å². The molecule has 0 spiro atoms. The lowest BCUT2D eigenvalue weighted by Gasteiger charge is -2.27. The average Bonchev–Trinajstić information content (AvgIpc) is 2.97. The molecule has 2 saturated heterocycles. The Morgan fingerprint density at radius 2 is 1.77 bits per heavy atom. The van der Waals surface area contributed by atoms with Crippen LogP contribution in [0.3, 0.4) is 0 Å². The van der Waals surface area contributed by atoms with Gasteiger partial charge in [-0.15, -0.1) is 0 Å². The van der Waals surface area contributed by atoms with Gasteiger partial charge >= 0.3 is 0 Å². The number of likely N-dealkylation sites (tertiary alicyclic amines) is 1. The molecule has 1 unspecified atom stereocenters. The number of allylic oxidation sites excluding steroid dienone is 2. The number of quaternary nitrogens is 1. The molecular formula is C15H23N2O4S+. The van der Waals surface area contributed by atoms with E-state index in [9.17, 15) is 18.0 Å². The number of sulfone groups is 1. The Morgan fingerprint density at radius 1 is 1.18 bits per heavy atom. The van der Waals surface area contributed by atoms with Crippen molar-refractivity contribution in [1.82, 2.24) is 4.90 Å². The van der Waals surface area contributed by atoms with Crippen molar-refractivity contribution in [2.75, 3.05) is 24.7 Å². The summed E-state index contributed by atoms with van der Waals surface area (Å²) in [6, 6.07) is -0.00338. The van der Waals surface area contributed by atoms with E-state index >= 15 is 0 Å². The standard InChI is InChI=1S/C15H22N2O4S/c1-2-16(11-7-8-22(20,21)9-11)10-17-14(18)12-5-3-4-6-13(12)15(17)19/h3-4,11-13H,2,5-10H2,1H3/p+1/t11-,12+,13+/m1/s1. The summed E-state index contributed by atoms with van der Waals surface area (Å²) in [4.78, 5) is 27.4. The fraction of sp³-hybridized carbons (Fsp3) is 0.733. The summed E-state index contributed by atoms with van der Waals surface area (Å²) < 4.78 is 23.3. The molecule has 0 bridgehead atoms. The molecule has 22 heavy (non-hydrogen) atoms. The lowest BCUT2D eigenvalue weighted by Crippen LogP contribution is -3.17. The minimum Gasteiger partial charge on any atom is -0.314 e. The van der Waals surface area contributed by atoms with Crippen molar-refractivity contribution < 1.29 is 22.9 Å². The number of carbonyl (C=O) groups is 2. The van der Waals surface area contributed by atoms with Gasteiger partial charge in [-0.1, -0.05) is 12.2 Å². The van der Waals surface area contributed by atoms with Crippen LogP contribution < -0.4 is 4.90 Å². The number of imide groups is 1. The highest BCUT2D eigenvalue weighted by atomic mass is 32.2. The normalized spacial score (nSPS) is 35.0. The van der Waals surface area contributed by atoms with Gasteiger partial charge in [0.1, 0.15) is 11.8 Å². The molecule has 2 fully saturated rings. The van der Waals surface area contributed by atoms with Crippen LogP contribution in [0.1, 0.15) is 26.2 Å². The monoisotopic (exact) mass is 327 g/mol. The van der Waals surface area contributed by atoms with Gasteiger partial charge in [0.2, 0.25) is 11.8 Å². The summed E-state index contributed by atoms with van der Waals surface area (Å²) in [6.07, 6.45) is 5.86. The van der Waals surface area contributed by atoms with E-state index in [1.807, 2.05) is 19.1 Å². The van der Waals surface area contributed by atoms with Crippen LogP contribution >= 0.6 is 0 Å². The predicted molar refractivity (Wildman–Crippen MR) is 80.6 cm³/mol. The zero-order valence-corrected chi connectivity index (χ0v) is 13.6. The third kappa shape index (κ3) is 2.72. The maximum absolute atomic E-state index is 12.5. The predicted octanol–water partition coefficient (Wildman–Crippen LogP) is -1.01. The summed E-state index contributed by atoms with van der Waals surface area (Å²) in [6.45, 7) is 2.99. The fourth-order valence-electron chi connectivity index (χ4n) is 3.87. The van der Waals surface area contributed by atoms with Crippen molar-refractivity contribution in [2.45, 2.75) is 32.2 Å². The summed E-state index contributed by atoms with van der Waals surface area (Å²) in [7, 11) is -2.95. The number of rotatable bonds is 4. The van der Waals surface area contributed by atoms with Crippen LogP contribution in [0.25, 0.3) is 0 Å². The first-order chi connectivity index (χ1) is 10.4. The molecule has 2 aliphatic heterocycles. The van der Waals surface area contributed by atoms with Crippen molar-refractivity contribution >= 4 is 21.7 Å². The van der Waals surface area contributed by atoms with Gasteiger partial charge in [0.25, 0.3) is 0 Å². The van der Waals surface area contributed by atoms with Gasteiger partial charge in [-0.25, -0.2) is 13.3 Å². The van der Waals surface area contributed by atoms with Crippen molar-refractivity contribution in [3.63, 3.8) is 0 Å². The Balaban J connectivity index is 1.72. The van der Waals surface area contributed by atoms with Crippen LogP contribution in [0.4, 0.5) is 0 Å². The summed E-state index contributed by atoms with van der Waals surface area (Å²) in [5, 5.41) is 0. The Kier molecular flexibility index (Phi) is 4.11. The lowest BCUT2D eigenvalue weighted by atomic mass is 9.85. The van der Waals surface area contributed by atoms with Crippen LogP contribution in [0.2, 0.25) is 0 Å². The van der Waals surface area contributed by atoms with E-state index in [1.54, 1.807) is 0 Å². The molecule has 7 heteroatoms. The molecule has 122 valence electrons. The Hall–Kier alpha value is -1.21. The van der Waals surface area contributed by atoms with E-state index in [0.29, 0.717) is 32.5 Å². The molecule has 1 N–H and O–H groups in total. The van der Waals surface area contributed by atoms with Crippen molar-refractivity contribution in [2.24, 2.45) is 11.8 Å². The van der Waals surface area contributed by atoms with E-state index in [4.69, 9.17) is 0 Å². The molecule has 0 saturated carbocycles. The topological polar surface area (TPSA) is 76.0 Å². The number of nitrogens with zero attached hydrogens (tertiary/aromatic N) is 1. The fourth-order valence-corrected chi connectivity index (χ4v) is 5.70. The van der Waals surface area contributed by atoms with Crippen molar-refractivity contribution in [3.8, 4) is 0 Å². The smallest absolute Gasteiger partial charge is 0.237 e. The maximum atomic E-state index is 12.5. The number of amides is 2. The molecule has 1 aliphatic carbocycles. The van der Waals surface area contributed by atoms with Gasteiger partial charge in [-0.05, 0) is 19.8 Å². The highest BCUT2D eigenvalue weighted by Crippen LogP contribution is 2.34. The van der Waals surface area contributed by atoms with Gasteiger partial charge < -0.3 is 4.90 Å². The molecule has 6 nitrogen and oxygen atoms in total. The Bertz CT molecular complexity index is 587. The molecule has 4 atom stereocenters. The first-order valence-corrected chi connectivity index (χ1v) is 9.80. The number of carbonyl (C=O) groups excluding carboxylic acids is 2.